The maximum absolute atomic E-state index is 11.8. The first kappa shape index (κ1) is 15.6. The lowest BCUT2D eigenvalue weighted by Gasteiger charge is -2.14. The fourth-order valence-corrected chi connectivity index (χ4v) is 1.96. The van der Waals surface area contributed by atoms with E-state index < -0.39 is 5.97 Å². The highest BCUT2D eigenvalue weighted by atomic mass is 32.1. The number of hydrogen-bond donors (Lipinski definition) is 0. The van der Waals surface area contributed by atoms with Crippen LogP contribution in [0.5, 0.6) is 0 Å². The molecule has 0 radical (unpaired) electrons. The zero-order chi connectivity index (χ0) is 14.4. The third kappa shape index (κ3) is 4.59. The number of allylic oxidation sites excluding steroid dienone is 3. The second-order valence-electron chi connectivity index (χ2n) is 4.48. The Balaban J connectivity index is 2.28. The van der Waals surface area contributed by atoms with Crippen LogP contribution in [-0.4, -0.2) is 30.0 Å². The average Bonchev–Trinajstić information content (AvgIpc) is 2.75. The van der Waals surface area contributed by atoms with Crippen LogP contribution >= 0.6 is 12.2 Å². The summed E-state index contributed by atoms with van der Waals surface area (Å²) in [6, 6.07) is 0. The van der Waals surface area contributed by atoms with Gasteiger partial charge >= 0.3 is 11.9 Å². The van der Waals surface area contributed by atoms with Gasteiger partial charge in [-0.1, -0.05) is 43.4 Å². The van der Waals surface area contributed by atoms with Crippen LogP contribution in [0.25, 0.3) is 0 Å². The third-order valence-electron chi connectivity index (χ3n) is 2.98. The predicted octanol–water partition coefficient (Wildman–Crippen LogP) is 2.23. The molecule has 0 aromatic carbocycles. The monoisotopic (exact) mass is 282 g/mol. The topological polar surface area (TPSA) is 52.6 Å². The van der Waals surface area contributed by atoms with E-state index in [9.17, 15) is 9.59 Å². The van der Waals surface area contributed by atoms with Gasteiger partial charge in [0.15, 0.2) is 0 Å². The molecule has 1 aliphatic carbocycles. The number of carbonyl (C=O) groups excluding carboxylic acids is 2. The van der Waals surface area contributed by atoms with Crippen molar-refractivity contribution in [1.29, 1.82) is 0 Å². The zero-order valence-electron chi connectivity index (χ0n) is 11.2. The molecule has 19 heavy (non-hydrogen) atoms. The van der Waals surface area contributed by atoms with Crippen molar-refractivity contribution in [3.63, 3.8) is 0 Å². The summed E-state index contributed by atoms with van der Waals surface area (Å²) in [5.41, 5.74) is 1.07. The second-order valence-corrected chi connectivity index (χ2v) is 5.09. The van der Waals surface area contributed by atoms with Crippen LogP contribution in [0.4, 0.5) is 0 Å². The fourth-order valence-electron chi connectivity index (χ4n) is 1.90. The molecule has 0 aliphatic heterocycles. The normalized spacial score (nSPS) is 21.5. The van der Waals surface area contributed by atoms with Crippen LogP contribution in [0.15, 0.2) is 24.3 Å². The van der Waals surface area contributed by atoms with Crippen molar-refractivity contribution in [1.82, 2.24) is 0 Å². The highest BCUT2D eigenvalue weighted by Gasteiger charge is 2.30. The molecule has 1 rings (SSSR count). The van der Waals surface area contributed by atoms with Gasteiger partial charge in [0.25, 0.3) is 0 Å². The smallest absolute Gasteiger partial charge is 0.344 e. The molecule has 1 aliphatic rings. The molecular formula is C14H18O4S. The van der Waals surface area contributed by atoms with Gasteiger partial charge in [-0.2, -0.15) is 0 Å². The molecule has 4 nitrogen and oxygen atoms in total. The van der Waals surface area contributed by atoms with Gasteiger partial charge in [-0.05, 0) is 19.3 Å². The Morgan fingerprint density at radius 3 is 2.63 bits per heavy atom. The zero-order valence-corrected chi connectivity index (χ0v) is 12.0. The molecule has 0 spiro atoms. The van der Waals surface area contributed by atoms with Crippen molar-refractivity contribution >= 4 is 29.0 Å². The molecule has 0 N–H and O–H groups in total. The molecule has 2 atom stereocenters. The van der Waals surface area contributed by atoms with Crippen LogP contribution in [0.1, 0.15) is 20.3 Å². The molecule has 0 aromatic rings. The molecule has 2 unspecified atom stereocenters. The summed E-state index contributed by atoms with van der Waals surface area (Å²) < 4.78 is 9.89. The first-order valence-electron chi connectivity index (χ1n) is 6.13. The molecule has 0 fully saturated rings. The molecule has 0 heterocycles. The minimum Gasteiger partial charge on any atom is -0.462 e. The number of hydrogen-bond acceptors (Lipinski definition) is 5. The Bertz CT molecular complexity index is 425. The number of rotatable bonds is 6. The standard InChI is InChI=1S/C14H18O4S/c1-4-11-7-9(2)12(8-11)14(16)18-6-5-17-13(15)10(3)19/h4,7,9,12H,1,5-6,8H2,2-3H3. The number of carbonyl (C=O) groups is 2. The van der Waals surface area contributed by atoms with Gasteiger partial charge in [0.05, 0.1) is 10.8 Å². The van der Waals surface area contributed by atoms with Crippen molar-refractivity contribution in [2.24, 2.45) is 11.8 Å². The van der Waals surface area contributed by atoms with E-state index in [4.69, 9.17) is 9.47 Å². The summed E-state index contributed by atoms with van der Waals surface area (Å²) in [6.07, 6.45) is 4.44. The summed E-state index contributed by atoms with van der Waals surface area (Å²) in [5.74, 6) is -0.839. The van der Waals surface area contributed by atoms with Crippen molar-refractivity contribution in [2.45, 2.75) is 20.3 Å². The highest BCUT2D eigenvalue weighted by molar-refractivity contribution is 7.82. The summed E-state index contributed by atoms with van der Waals surface area (Å²) in [7, 11) is 0. The maximum Gasteiger partial charge on any atom is 0.344 e. The quantitative estimate of drug-likeness (QED) is 0.425. The lowest BCUT2D eigenvalue weighted by Crippen LogP contribution is -2.23. The SMILES string of the molecule is C=CC1=CC(C)C(C(=O)OCCOC(=O)C(C)=S)C1. The van der Waals surface area contributed by atoms with E-state index >= 15 is 0 Å². The molecule has 0 bridgehead atoms. The molecule has 5 heteroatoms. The minimum absolute atomic E-state index is 0.0292. The molecule has 0 amide bonds. The summed E-state index contributed by atoms with van der Waals surface area (Å²) >= 11 is 4.65. The van der Waals surface area contributed by atoms with E-state index in [-0.39, 0.29) is 35.9 Å². The summed E-state index contributed by atoms with van der Waals surface area (Å²) in [4.78, 5) is 23.1. The van der Waals surface area contributed by atoms with E-state index in [1.165, 1.54) is 6.92 Å². The molecule has 104 valence electrons. The number of thiocarbonyl (C=S) groups is 1. The molecule has 0 saturated heterocycles. The Kier molecular flexibility index (Phi) is 5.89. The van der Waals surface area contributed by atoms with E-state index in [1.54, 1.807) is 6.08 Å². The average molecular weight is 282 g/mol. The van der Waals surface area contributed by atoms with Gasteiger partial charge in [-0.15, -0.1) is 0 Å². The van der Waals surface area contributed by atoms with Crippen LogP contribution < -0.4 is 0 Å². The first-order valence-corrected chi connectivity index (χ1v) is 6.54. The Labute approximate surface area is 118 Å². The van der Waals surface area contributed by atoms with Gasteiger partial charge in [-0.3, -0.25) is 4.79 Å². The van der Waals surface area contributed by atoms with Crippen LogP contribution in [-0.2, 0) is 19.1 Å². The molecule has 0 saturated carbocycles. The van der Waals surface area contributed by atoms with Gasteiger partial charge in [0.1, 0.15) is 13.2 Å². The number of esters is 2. The summed E-state index contributed by atoms with van der Waals surface area (Å²) in [5, 5.41) is 0. The third-order valence-corrected chi connectivity index (χ3v) is 3.15. The minimum atomic E-state index is -0.545. The van der Waals surface area contributed by atoms with Crippen LogP contribution in [0, 0.1) is 11.8 Å². The molecular weight excluding hydrogens is 264 g/mol. The summed E-state index contributed by atoms with van der Waals surface area (Å²) in [6.45, 7) is 7.24. The number of ether oxygens (including phenoxy) is 2. The van der Waals surface area contributed by atoms with Gasteiger partial charge in [0, 0.05) is 0 Å². The molecule has 0 aromatic heterocycles. The van der Waals surface area contributed by atoms with E-state index in [0.717, 1.165) is 5.57 Å². The van der Waals surface area contributed by atoms with Gasteiger partial charge < -0.3 is 9.47 Å². The lowest BCUT2D eigenvalue weighted by molar-refractivity contribution is -0.153. The van der Waals surface area contributed by atoms with E-state index in [2.05, 4.69) is 18.8 Å². The Morgan fingerprint density at radius 2 is 2.11 bits per heavy atom. The van der Waals surface area contributed by atoms with Crippen molar-refractivity contribution in [2.75, 3.05) is 13.2 Å². The van der Waals surface area contributed by atoms with Crippen molar-refractivity contribution in [3.05, 3.63) is 24.3 Å². The highest BCUT2D eigenvalue weighted by Crippen LogP contribution is 2.31. The fraction of sp³-hybridized carbons (Fsp3) is 0.500. The van der Waals surface area contributed by atoms with Gasteiger partial charge in [0.2, 0.25) is 0 Å². The Morgan fingerprint density at radius 1 is 1.47 bits per heavy atom. The van der Waals surface area contributed by atoms with E-state index in [1.807, 2.05) is 13.0 Å². The predicted molar refractivity (Wildman–Crippen MR) is 75.7 cm³/mol. The van der Waals surface area contributed by atoms with Crippen molar-refractivity contribution in [3.8, 4) is 0 Å². The lowest BCUT2D eigenvalue weighted by atomic mass is 9.97. The van der Waals surface area contributed by atoms with Crippen molar-refractivity contribution < 1.29 is 19.1 Å². The second kappa shape index (κ2) is 7.19. The van der Waals surface area contributed by atoms with Gasteiger partial charge in [-0.25, -0.2) is 4.79 Å². The van der Waals surface area contributed by atoms with E-state index in [0.29, 0.717) is 6.42 Å². The first-order chi connectivity index (χ1) is 8.95. The Hall–Kier alpha value is -1.49. The largest absolute Gasteiger partial charge is 0.462 e. The maximum atomic E-state index is 11.8. The van der Waals surface area contributed by atoms with Crippen LogP contribution in [0.3, 0.4) is 0 Å². The van der Waals surface area contributed by atoms with Crippen LogP contribution in [0.2, 0.25) is 0 Å².